The van der Waals surface area contributed by atoms with Crippen molar-refractivity contribution < 1.29 is 24.2 Å². The summed E-state index contributed by atoms with van der Waals surface area (Å²) in [5.74, 6) is -0.851. The van der Waals surface area contributed by atoms with E-state index in [9.17, 15) is 4.79 Å². The molecule has 5 nitrogen and oxygen atoms in total. The molecule has 0 bridgehead atoms. The van der Waals surface area contributed by atoms with Gasteiger partial charge in [-0.3, -0.25) is 4.79 Å². The van der Waals surface area contributed by atoms with Crippen LogP contribution in [-0.4, -0.2) is 67.2 Å². The SMILES string of the molecule is CC(O)CCO[C@H](CC(=O)O)C[N+](C)(C)C. The molecule has 0 aromatic heterocycles. The fourth-order valence-corrected chi connectivity index (χ4v) is 1.39. The summed E-state index contributed by atoms with van der Waals surface area (Å²) in [6, 6.07) is 0. The van der Waals surface area contributed by atoms with E-state index in [0.29, 0.717) is 24.1 Å². The van der Waals surface area contributed by atoms with E-state index < -0.39 is 12.1 Å². The number of rotatable bonds is 8. The third-order valence-electron chi connectivity index (χ3n) is 2.04. The number of carboxylic acids is 1. The lowest BCUT2D eigenvalue weighted by Crippen LogP contribution is -2.43. The monoisotopic (exact) mass is 234 g/mol. The van der Waals surface area contributed by atoms with Crippen LogP contribution < -0.4 is 0 Å². The summed E-state index contributed by atoms with van der Waals surface area (Å²) in [7, 11) is 5.98. The van der Waals surface area contributed by atoms with Gasteiger partial charge in [-0.05, 0) is 13.3 Å². The van der Waals surface area contributed by atoms with Gasteiger partial charge >= 0.3 is 5.97 Å². The van der Waals surface area contributed by atoms with Crippen LogP contribution in [0.2, 0.25) is 0 Å². The minimum Gasteiger partial charge on any atom is -0.481 e. The first kappa shape index (κ1) is 15.3. The normalized spacial score (nSPS) is 15.8. The van der Waals surface area contributed by atoms with Crippen molar-refractivity contribution in [3.63, 3.8) is 0 Å². The number of aliphatic hydroxyl groups excluding tert-OH is 1. The number of nitrogens with zero attached hydrogens (tertiary/aromatic N) is 1. The van der Waals surface area contributed by atoms with Crippen molar-refractivity contribution in [2.45, 2.75) is 32.0 Å². The lowest BCUT2D eigenvalue weighted by Gasteiger charge is -2.28. The molecule has 0 spiro atoms. The minimum atomic E-state index is -0.851. The van der Waals surface area contributed by atoms with Gasteiger partial charge in [0.1, 0.15) is 12.6 Å². The van der Waals surface area contributed by atoms with Crippen molar-refractivity contribution >= 4 is 5.97 Å². The predicted molar refractivity (Wildman–Crippen MR) is 61.2 cm³/mol. The van der Waals surface area contributed by atoms with Crippen molar-refractivity contribution in [1.29, 1.82) is 0 Å². The summed E-state index contributed by atoms with van der Waals surface area (Å²) in [6.07, 6.45) is -0.159. The van der Waals surface area contributed by atoms with Gasteiger partial charge in [0, 0.05) is 6.61 Å². The fraction of sp³-hybridized carbons (Fsp3) is 0.909. The van der Waals surface area contributed by atoms with E-state index >= 15 is 0 Å². The standard InChI is InChI=1S/C11H23NO4/c1-9(13)5-6-16-10(7-11(14)15)8-12(2,3)4/h9-10,13H,5-8H2,1-4H3/p+1/t9?,10-/m1/s1. The highest BCUT2D eigenvalue weighted by atomic mass is 16.5. The zero-order valence-corrected chi connectivity index (χ0v) is 10.6. The Bertz CT molecular complexity index is 211. The molecular weight excluding hydrogens is 210 g/mol. The molecule has 0 aliphatic carbocycles. The number of carboxylic acid groups (broad SMARTS) is 1. The molecule has 0 aromatic rings. The van der Waals surface area contributed by atoms with Crippen LogP contribution in [0, 0.1) is 0 Å². The molecule has 0 fully saturated rings. The quantitative estimate of drug-likeness (QED) is 0.594. The van der Waals surface area contributed by atoms with E-state index in [1.165, 1.54) is 0 Å². The Kier molecular flexibility index (Phi) is 6.55. The molecule has 0 aliphatic rings. The molecule has 0 saturated heterocycles. The average Bonchev–Trinajstić information content (AvgIpc) is 1.98. The van der Waals surface area contributed by atoms with Gasteiger partial charge in [0.15, 0.2) is 0 Å². The van der Waals surface area contributed by atoms with E-state index in [1.54, 1.807) is 6.92 Å². The number of likely N-dealkylation sites (N-methyl/N-ethyl adjacent to an activating group) is 1. The largest absolute Gasteiger partial charge is 0.481 e. The summed E-state index contributed by atoms with van der Waals surface area (Å²) < 4.78 is 6.14. The van der Waals surface area contributed by atoms with Gasteiger partial charge in [-0.1, -0.05) is 0 Å². The second kappa shape index (κ2) is 6.83. The Morgan fingerprint density at radius 1 is 1.38 bits per heavy atom. The smallest absolute Gasteiger partial charge is 0.306 e. The zero-order chi connectivity index (χ0) is 12.8. The number of carbonyl (C=O) groups is 1. The van der Waals surface area contributed by atoms with E-state index in [4.69, 9.17) is 14.9 Å². The molecule has 1 unspecified atom stereocenters. The lowest BCUT2D eigenvalue weighted by molar-refractivity contribution is -0.873. The van der Waals surface area contributed by atoms with Crippen LogP contribution in [0.15, 0.2) is 0 Å². The van der Waals surface area contributed by atoms with Gasteiger partial charge in [0.05, 0.1) is 33.7 Å². The predicted octanol–water partition coefficient (Wildman–Crippen LogP) is 0.323. The number of ether oxygens (including phenoxy) is 1. The Labute approximate surface area is 97.2 Å². The summed E-state index contributed by atoms with van der Waals surface area (Å²) in [4.78, 5) is 10.7. The minimum absolute atomic E-state index is 0.00926. The van der Waals surface area contributed by atoms with Crippen molar-refractivity contribution in [2.75, 3.05) is 34.3 Å². The highest BCUT2D eigenvalue weighted by Gasteiger charge is 2.21. The Hall–Kier alpha value is -0.650. The van der Waals surface area contributed by atoms with Gasteiger partial charge in [-0.2, -0.15) is 0 Å². The molecule has 2 N–H and O–H groups in total. The van der Waals surface area contributed by atoms with E-state index in [1.807, 2.05) is 21.1 Å². The molecule has 0 amide bonds. The molecule has 16 heavy (non-hydrogen) atoms. The van der Waals surface area contributed by atoms with Gasteiger partial charge < -0.3 is 19.4 Å². The van der Waals surface area contributed by atoms with Crippen LogP contribution in [0.4, 0.5) is 0 Å². The van der Waals surface area contributed by atoms with Crippen molar-refractivity contribution in [3.8, 4) is 0 Å². The van der Waals surface area contributed by atoms with Gasteiger partial charge in [-0.15, -0.1) is 0 Å². The number of aliphatic carboxylic acids is 1. The molecule has 0 radical (unpaired) electrons. The second-order valence-corrected chi connectivity index (χ2v) is 5.20. The second-order valence-electron chi connectivity index (χ2n) is 5.20. The Morgan fingerprint density at radius 2 is 1.94 bits per heavy atom. The van der Waals surface area contributed by atoms with Crippen LogP contribution in [0.25, 0.3) is 0 Å². The highest BCUT2D eigenvalue weighted by Crippen LogP contribution is 2.06. The molecule has 0 heterocycles. The maximum Gasteiger partial charge on any atom is 0.306 e. The van der Waals surface area contributed by atoms with Crippen LogP contribution in [-0.2, 0) is 9.53 Å². The lowest BCUT2D eigenvalue weighted by atomic mass is 10.2. The third kappa shape index (κ3) is 9.89. The topological polar surface area (TPSA) is 66.8 Å². The van der Waals surface area contributed by atoms with E-state index in [0.717, 1.165) is 0 Å². The Balaban J connectivity index is 4.05. The van der Waals surface area contributed by atoms with Crippen LogP contribution in [0.1, 0.15) is 19.8 Å². The van der Waals surface area contributed by atoms with Gasteiger partial charge in [-0.25, -0.2) is 0 Å². The maximum absolute atomic E-state index is 10.7. The first-order chi connectivity index (χ1) is 7.20. The molecule has 5 heteroatoms. The van der Waals surface area contributed by atoms with Crippen molar-refractivity contribution in [2.24, 2.45) is 0 Å². The molecule has 0 aliphatic heterocycles. The highest BCUT2D eigenvalue weighted by molar-refractivity contribution is 5.67. The Morgan fingerprint density at radius 3 is 2.31 bits per heavy atom. The van der Waals surface area contributed by atoms with E-state index in [-0.39, 0.29) is 12.5 Å². The van der Waals surface area contributed by atoms with E-state index in [2.05, 4.69) is 0 Å². The summed E-state index contributed by atoms with van der Waals surface area (Å²) >= 11 is 0. The van der Waals surface area contributed by atoms with Crippen molar-refractivity contribution in [1.82, 2.24) is 0 Å². The van der Waals surface area contributed by atoms with Crippen LogP contribution in [0.3, 0.4) is 0 Å². The molecule has 0 aromatic carbocycles. The van der Waals surface area contributed by atoms with Gasteiger partial charge in [0.2, 0.25) is 0 Å². The first-order valence-electron chi connectivity index (χ1n) is 5.52. The molecule has 0 saturated carbocycles. The van der Waals surface area contributed by atoms with Crippen LogP contribution in [0.5, 0.6) is 0 Å². The average molecular weight is 234 g/mol. The number of hydrogen-bond donors (Lipinski definition) is 2. The van der Waals surface area contributed by atoms with Crippen molar-refractivity contribution in [3.05, 3.63) is 0 Å². The zero-order valence-electron chi connectivity index (χ0n) is 10.6. The number of hydrogen-bond acceptors (Lipinski definition) is 3. The van der Waals surface area contributed by atoms with Crippen LogP contribution >= 0.6 is 0 Å². The van der Waals surface area contributed by atoms with Gasteiger partial charge in [0.25, 0.3) is 0 Å². The summed E-state index contributed by atoms with van der Waals surface area (Å²) in [5, 5.41) is 17.8. The third-order valence-corrected chi connectivity index (χ3v) is 2.04. The maximum atomic E-state index is 10.7. The number of aliphatic hydroxyl groups is 1. The first-order valence-corrected chi connectivity index (χ1v) is 5.52. The summed E-state index contributed by atoms with van der Waals surface area (Å²) in [5.41, 5.74) is 0. The molecule has 96 valence electrons. The molecular formula is C11H24NO4+. The number of quaternary nitrogens is 1. The summed E-state index contributed by atoms with van der Waals surface area (Å²) in [6.45, 7) is 2.73. The molecule has 0 rings (SSSR count). The fourth-order valence-electron chi connectivity index (χ4n) is 1.39. The molecule has 2 atom stereocenters.